The van der Waals surface area contributed by atoms with Crippen molar-refractivity contribution in [2.24, 2.45) is 5.92 Å². The largest absolute Gasteiger partial charge is 0.391 e. The number of nitrogens with zero attached hydrogens (tertiary/aromatic N) is 3. The lowest BCUT2D eigenvalue weighted by atomic mass is 9.85. The average Bonchev–Trinajstić information content (AvgIpc) is 3.09. The number of amides is 1. The Morgan fingerprint density at radius 3 is 2.54 bits per heavy atom. The van der Waals surface area contributed by atoms with Crippen LogP contribution in [-0.4, -0.2) is 33.2 Å². The van der Waals surface area contributed by atoms with Crippen LogP contribution in [0.3, 0.4) is 0 Å². The Morgan fingerprint density at radius 2 is 1.88 bits per heavy atom. The minimum atomic E-state index is -4.14. The molecule has 0 aromatic carbocycles. The average molecular weight is 368 g/mol. The molecule has 1 amide bonds. The molecule has 9 heteroatoms. The van der Waals surface area contributed by atoms with Gasteiger partial charge in [0.15, 0.2) is 0 Å². The van der Waals surface area contributed by atoms with Crippen molar-refractivity contribution in [3.05, 3.63) is 30.4 Å². The van der Waals surface area contributed by atoms with Gasteiger partial charge in [-0.05, 0) is 37.8 Å². The first-order valence-corrected chi connectivity index (χ1v) is 8.51. The van der Waals surface area contributed by atoms with E-state index < -0.39 is 12.1 Å². The molecule has 1 saturated carbocycles. The van der Waals surface area contributed by atoms with Crippen LogP contribution in [0, 0.1) is 5.92 Å². The summed E-state index contributed by atoms with van der Waals surface area (Å²) in [4.78, 5) is 20.1. The molecule has 1 fully saturated rings. The molecule has 3 rings (SSSR count). The molecule has 0 unspecified atom stereocenters. The molecular weight excluding hydrogens is 349 g/mol. The van der Waals surface area contributed by atoms with Gasteiger partial charge in [-0.1, -0.05) is 5.16 Å². The lowest BCUT2D eigenvalue weighted by Gasteiger charge is -2.30. The summed E-state index contributed by atoms with van der Waals surface area (Å²) < 4.78 is 43.1. The number of aromatic nitrogens is 3. The highest BCUT2D eigenvalue weighted by molar-refractivity contribution is 5.76. The van der Waals surface area contributed by atoms with Gasteiger partial charge in [-0.2, -0.15) is 18.2 Å². The maximum Gasteiger partial charge on any atom is 0.391 e. The summed E-state index contributed by atoms with van der Waals surface area (Å²) >= 11 is 0. The molecule has 2 aromatic heterocycles. The minimum absolute atomic E-state index is 0.0629. The Bertz CT molecular complexity index is 725. The molecule has 6 nitrogen and oxygen atoms in total. The molecule has 2 heterocycles. The zero-order valence-electron chi connectivity index (χ0n) is 14.0. The number of carbonyl (C=O) groups is 1. The number of hydrogen-bond donors (Lipinski definition) is 1. The summed E-state index contributed by atoms with van der Waals surface area (Å²) in [5.74, 6) is -0.703. The number of pyridine rings is 1. The second-order valence-electron chi connectivity index (χ2n) is 6.41. The second-order valence-corrected chi connectivity index (χ2v) is 6.41. The summed E-state index contributed by atoms with van der Waals surface area (Å²) in [6, 6.07) is 3.30. The van der Waals surface area contributed by atoms with Gasteiger partial charge < -0.3 is 9.84 Å². The van der Waals surface area contributed by atoms with E-state index in [0.717, 1.165) is 5.56 Å². The van der Waals surface area contributed by atoms with Crippen molar-refractivity contribution in [1.82, 2.24) is 20.4 Å². The van der Waals surface area contributed by atoms with Crippen LogP contribution >= 0.6 is 0 Å². The summed E-state index contributed by atoms with van der Waals surface area (Å²) in [6.45, 7) is 0. The lowest BCUT2D eigenvalue weighted by Crippen LogP contribution is -2.40. The van der Waals surface area contributed by atoms with Crippen molar-refractivity contribution < 1.29 is 22.5 Å². The monoisotopic (exact) mass is 368 g/mol. The van der Waals surface area contributed by atoms with Gasteiger partial charge in [0.05, 0.1) is 5.92 Å². The molecule has 0 atom stereocenters. The van der Waals surface area contributed by atoms with Gasteiger partial charge in [0.2, 0.25) is 17.6 Å². The number of nitrogens with one attached hydrogen (secondary N) is 1. The highest BCUT2D eigenvalue weighted by atomic mass is 19.4. The molecule has 0 aliphatic heterocycles. The SMILES string of the molecule is O=C(CCc1nc(-c2ccncc2)no1)NC1CCC(C(F)(F)F)CC1. The Morgan fingerprint density at radius 1 is 1.19 bits per heavy atom. The molecule has 1 aliphatic rings. The molecule has 1 N–H and O–H groups in total. The van der Waals surface area contributed by atoms with E-state index in [2.05, 4.69) is 20.4 Å². The standard InChI is InChI=1S/C17H19F3N4O2/c18-17(19,20)12-1-3-13(4-2-12)22-14(25)5-6-15-23-16(24-26-15)11-7-9-21-10-8-11/h7-10,12-13H,1-6H2,(H,22,25). The summed E-state index contributed by atoms with van der Waals surface area (Å²) in [5.41, 5.74) is 0.765. The van der Waals surface area contributed by atoms with E-state index in [4.69, 9.17) is 4.52 Å². The van der Waals surface area contributed by atoms with Crippen LogP contribution in [0.5, 0.6) is 0 Å². The van der Waals surface area contributed by atoms with Crippen LogP contribution in [-0.2, 0) is 11.2 Å². The van der Waals surface area contributed by atoms with Gasteiger partial charge in [-0.15, -0.1) is 0 Å². The predicted octanol–water partition coefficient (Wildman–Crippen LogP) is 3.30. The Labute approximate surface area is 148 Å². The maximum absolute atomic E-state index is 12.6. The lowest BCUT2D eigenvalue weighted by molar-refractivity contribution is -0.182. The third kappa shape index (κ3) is 4.80. The van der Waals surface area contributed by atoms with Crippen molar-refractivity contribution >= 4 is 5.91 Å². The third-order valence-corrected chi connectivity index (χ3v) is 4.53. The first-order valence-electron chi connectivity index (χ1n) is 8.51. The zero-order chi connectivity index (χ0) is 18.6. The predicted molar refractivity (Wildman–Crippen MR) is 85.8 cm³/mol. The van der Waals surface area contributed by atoms with E-state index in [1.54, 1.807) is 24.5 Å². The van der Waals surface area contributed by atoms with Gasteiger partial charge in [-0.25, -0.2) is 0 Å². The van der Waals surface area contributed by atoms with Crippen LogP contribution in [0.4, 0.5) is 13.2 Å². The number of aryl methyl sites for hydroxylation is 1. The van der Waals surface area contributed by atoms with Crippen molar-refractivity contribution in [1.29, 1.82) is 0 Å². The van der Waals surface area contributed by atoms with Crippen LogP contribution < -0.4 is 5.32 Å². The van der Waals surface area contributed by atoms with Crippen LogP contribution in [0.25, 0.3) is 11.4 Å². The van der Waals surface area contributed by atoms with Gasteiger partial charge in [0.25, 0.3) is 0 Å². The quantitative estimate of drug-likeness (QED) is 0.876. The molecule has 0 bridgehead atoms. The van der Waals surface area contributed by atoms with Crippen molar-refractivity contribution in [2.75, 3.05) is 0 Å². The molecule has 26 heavy (non-hydrogen) atoms. The highest BCUT2D eigenvalue weighted by Crippen LogP contribution is 2.37. The fourth-order valence-electron chi connectivity index (χ4n) is 3.06. The number of carbonyl (C=O) groups excluding carboxylic acids is 1. The van der Waals surface area contributed by atoms with Gasteiger partial charge in [0, 0.05) is 36.8 Å². The first kappa shape index (κ1) is 18.3. The van der Waals surface area contributed by atoms with Gasteiger partial charge in [0.1, 0.15) is 0 Å². The topological polar surface area (TPSA) is 80.9 Å². The minimum Gasteiger partial charge on any atom is -0.353 e. The Kier molecular flexibility index (Phi) is 5.53. The molecule has 2 aromatic rings. The van der Waals surface area contributed by atoms with Crippen molar-refractivity contribution in [2.45, 2.75) is 50.7 Å². The smallest absolute Gasteiger partial charge is 0.353 e. The molecule has 1 aliphatic carbocycles. The van der Waals surface area contributed by atoms with E-state index in [9.17, 15) is 18.0 Å². The molecule has 0 radical (unpaired) electrons. The van der Waals surface area contributed by atoms with Gasteiger partial charge in [-0.3, -0.25) is 9.78 Å². The zero-order valence-corrected chi connectivity index (χ0v) is 14.0. The van der Waals surface area contributed by atoms with E-state index in [-0.39, 0.29) is 37.6 Å². The second kappa shape index (κ2) is 7.84. The van der Waals surface area contributed by atoms with E-state index >= 15 is 0 Å². The number of rotatable bonds is 5. The van der Waals surface area contributed by atoms with E-state index in [1.165, 1.54) is 0 Å². The number of halogens is 3. The van der Waals surface area contributed by atoms with Crippen LogP contribution in [0.2, 0.25) is 0 Å². The molecule has 0 spiro atoms. The molecular formula is C17H19F3N4O2. The number of alkyl halides is 3. The molecule has 140 valence electrons. The highest BCUT2D eigenvalue weighted by Gasteiger charge is 2.41. The van der Waals surface area contributed by atoms with Crippen molar-refractivity contribution in [3.8, 4) is 11.4 Å². The van der Waals surface area contributed by atoms with Crippen LogP contribution in [0.1, 0.15) is 38.0 Å². The fraction of sp³-hybridized carbons (Fsp3) is 0.529. The fourth-order valence-corrected chi connectivity index (χ4v) is 3.06. The normalized spacial score (nSPS) is 20.7. The summed E-state index contributed by atoms with van der Waals surface area (Å²) in [6.07, 6.45) is 0.350. The van der Waals surface area contributed by atoms with E-state index in [1.807, 2.05) is 0 Å². The van der Waals surface area contributed by atoms with E-state index in [0.29, 0.717) is 24.6 Å². The first-order chi connectivity index (χ1) is 12.4. The summed E-state index contributed by atoms with van der Waals surface area (Å²) in [7, 11) is 0. The maximum atomic E-state index is 12.6. The number of hydrogen-bond acceptors (Lipinski definition) is 5. The van der Waals surface area contributed by atoms with Crippen molar-refractivity contribution in [3.63, 3.8) is 0 Å². The summed E-state index contributed by atoms with van der Waals surface area (Å²) in [5, 5.41) is 6.65. The van der Waals surface area contributed by atoms with Crippen LogP contribution in [0.15, 0.2) is 29.0 Å². The van der Waals surface area contributed by atoms with Gasteiger partial charge >= 0.3 is 6.18 Å². The Balaban J connectivity index is 1.43. The Hall–Kier alpha value is -2.45. The molecule has 0 saturated heterocycles. The third-order valence-electron chi connectivity index (χ3n) is 4.53.